The molecular formula is C26H24ClF3N6O4S. The van der Waals surface area contributed by atoms with E-state index in [1.165, 1.54) is 30.8 Å². The molecule has 0 aliphatic rings. The number of benzene rings is 2. The molecular weight excluding hydrogens is 585 g/mol. The molecule has 2 heterocycles. The van der Waals surface area contributed by atoms with Gasteiger partial charge in [0, 0.05) is 39.5 Å². The smallest absolute Gasteiger partial charge is 0.403 e. The van der Waals surface area contributed by atoms with Crippen LogP contribution in [-0.2, 0) is 16.3 Å². The zero-order chi connectivity index (χ0) is 30.1. The average molecular weight is 609 g/mol. The largest absolute Gasteiger partial charge is 0.573 e. The molecule has 1 N–H and O–H groups in total. The Hall–Kier alpha value is -4.17. The predicted molar refractivity (Wildman–Crippen MR) is 150 cm³/mol. The molecule has 0 aliphatic heterocycles. The molecule has 216 valence electrons. The first kappa shape index (κ1) is 29.8. The van der Waals surface area contributed by atoms with Crippen LogP contribution in [0.1, 0.15) is 16.7 Å². The third kappa shape index (κ3) is 7.52. The first-order valence-corrected chi connectivity index (χ1v) is 14.6. The lowest BCUT2D eigenvalue weighted by atomic mass is 10.1. The van der Waals surface area contributed by atoms with Crippen LogP contribution >= 0.6 is 11.6 Å². The number of nitrogens with one attached hydrogen (secondary N) is 1. The van der Waals surface area contributed by atoms with Crippen molar-refractivity contribution < 1.29 is 22.1 Å². The van der Waals surface area contributed by atoms with Gasteiger partial charge in [-0.15, -0.1) is 13.2 Å². The summed E-state index contributed by atoms with van der Waals surface area (Å²) in [6.45, 7) is 3.37. The van der Waals surface area contributed by atoms with Gasteiger partial charge in [-0.3, -0.25) is 9.55 Å². The first-order chi connectivity index (χ1) is 19.1. The number of aromatic nitrogens is 4. The summed E-state index contributed by atoms with van der Waals surface area (Å²) in [5, 5.41) is 3.02. The van der Waals surface area contributed by atoms with E-state index in [0.717, 1.165) is 20.8 Å². The standard InChI is InChI=1S/C26H24ClF3N6O4S/c1-15-9-20(13-31-12-15)36-24(37)33-23(35(25(36)38)14-17-10-18(27)6-5-16(17)2)32-21-8-7-19(34-41(3,4)39)11-22(21)40-26(28,29)30/h5-13H,14H2,1-4H3,(H,32,33,37). The first-order valence-electron chi connectivity index (χ1n) is 11.8. The average Bonchev–Trinajstić information content (AvgIpc) is 2.83. The number of hydrogen-bond donors (Lipinski definition) is 1. The van der Waals surface area contributed by atoms with E-state index in [2.05, 4.69) is 24.4 Å². The van der Waals surface area contributed by atoms with E-state index in [1.807, 2.05) is 0 Å². The SMILES string of the molecule is Cc1cncc(-n2c(=O)nc(Nc3ccc(N=S(C)(C)=O)cc3OC(F)(F)F)n(Cc3cc(Cl)ccc3C)c2=O)c1. The van der Waals surface area contributed by atoms with Gasteiger partial charge in [-0.25, -0.2) is 18.4 Å². The molecule has 0 amide bonds. The van der Waals surface area contributed by atoms with Gasteiger partial charge in [-0.2, -0.15) is 9.35 Å². The molecule has 4 rings (SSSR count). The van der Waals surface area contributed by atoms with Crippen molar-refractivity contribution in [3.63, 3.8) is 0 Å². The van der Waals surface area contributed by atoms with Gasteiger partial charge >= 0.3 is 17.7 Å². The zero-order valence-corrected chi connectivity index (χ0v) is 23.8. The highest BCUT2D eigenvalue weighted by Gasteiger charge is 2.32. The molecule has 0 saturated heterocycles. The second kappa shape index (κ2) is 11.4. The molecule has 0 unspecified atom stereocenters. The third-order valence-electron chi connectivity index (χ3n) is 5.59. The Labute approximate surface area is 237 Å². The van der Waals surface area contributed by atoms with Crippen molar-refractivity contribution in [2.24, 2.45) is 4.36 Å². The van der Waals surface area contributed by atoms with Crippen LogP contribution in [0.2, 0.25) is 5.02 Å². The van der Waals surface area contributed by atoms with Crippen molar-refractivity contribution in [1.82, 2.24) is 19.1 Å². The van der Waals surface area contributed by atoms with Gasteiger partial charge in [0.1, 0.15) is 0 Å². The number of nitrogens with zero attached hydrogens (tertiary/aromatic N) is 5. The van der Waals surface area contributed by atoms with E-state index in [9.17, 15) is 27.0 Å². The highest BCUT2D eigenvalue weighted by Crippen LogP contribution is 2.35. The number of pyridine rings is 1. The van der Waals surface area contributed by atoms with E-state index in [1.54, 1.807) is 44.3 Å². The molecule has 15 heteroatoms. The molecule has 4 aromatic rings. The minimum Gasteiger partial charge on any atom is -0.403 e. The van der Waals surface area contributed by atoms with Crippen molar-refractivity contribution in [3.8, 4) is 11.4 Å². The van der Waals surface area contributed by atoms with Crippen LogP contribution < -0.4 is 21.4 Å². The lowest BCUT2D eigenvalue weighted by Crippen LogP contribution is -2.42. The molecule has 10 nitrogen and oxygen atoms in total. The summed E-state index contributed by atoms with van der Waals surface area (Å²) in [6, 6.07) is 10.0. The Morgan fingerprint density at radius 1 is 1.07 bits per heavy atom. The Kier molecular flexibility index (Phi) is 8.27. The fourth-order valence-corrected chi connectivity index (χ4v) is 4.67. The summed E-state index contributed by atoms with van der Waals surface area (Å²) in [6.07, 6.45) is 0.405. The van der Waals surface area contributed by atoms with Crippen LogP contribution in [0.4, 0.5) is 30.5 Å². The Balaban J connectivity index is 1.93. The van der Waals surface area contributed by atoms with Crippen molar-refractivity contribution in [1.29, 1.82) is 0 Å². The monoisotopic (exact) mass is 608 g/mol. The normalized spacial score (nSPS) is 11.8. The fourth-order valence-electron chi connectivity index (χ4n) is 3.85. The fraction of sp³-hybridized carbons (Fsp3) is 0.231. The summed E-state index contributed by atoms with van der Waals surface area (Å²) in [5.41, 5.74) is 0.0492. The molecule has 0 radical (unpaired) electrons. The summed E-state index contributed by atoms with van der Waals surface area (Å²) >= 11 is 6.17. The molecule has 2 aromatic carbocycles. The molecule has 0 saturated carbocycles. The molecule has 0 aliphatic carbocycles. The van der Waals surface area contributed by atoms with Crippen LogP contribution in [0.15, 0.2) is 68.8 Å². The predicted octanol–water partition coefficient (Wildman–Crippen LogP) is 5.11. The summed E-state index contributed by atoms with van der Waals surface area (Å²) in [4.78, 5) is 34.9. The van der Waals surface area contributed by atoms with Gasteiger partial charge < -0.3 is 10.1 Å². The van der Waals surface area contributed by atoms with Gasteiger partial charge in [-0.05, 0) is 60.9 Å². The highest BCUT2D eigenvalue weighted by molar-refractivity contribution is 7.92. The van der Waals surface area contributed by atoms with Crippen LogP contribution in [0.5, 0.6) is 5.75 Å². The number of anilines is 2. The van der Waals surface area contributed by atoms with E-state index in [-0.39, 0.29) is 29.6 Å². The zero-order valence-electron chi connectivity index (χ0n) is 22.2. The number of alkyl halides is 3. The van der Waals surface area contributed by atoms with E-state index < -0.39 is 33.2 Å². The molecule has 0 atom stereocenters. The summed E-state index contributed by atoms with van der Waals surface area (Å²) in [5.74, 6) is -1.10. The third-order valence-corrected chi connectivity index (χ3v) is 6.48. The Bertz CT molecular complexity index is 1870. The maximum Gasteiger partial charge on any atom is 0.573 e. The molecule has 0 fully saturated rings. The summed E-state index contributed by atoms with van der Waals surface area (Å²) < 4.78 is 62.0. The van der Waals surface area contributed by atoms with Gasteiger partial charge in [-0.1, -0.05) is 17.7 Å². The number of ether oxygens (including phenoxy) is 1. The van der Waals surface area contributed by atoms with Crippen LogP contribution in [0.3, 0.4) is 0 Å². The van der Waals surface area contributed by atoms with Crippen molar-refractivity contribution in [3.05, 3.63) is 97.5 Å². The molecule has 41 heavy (non-hydrogen) atoms. The second-order valence-corrected chi connectivity index (χ2v) is 12.3. The molecule has 2 aromatic heterocycles. The van der Waals surface area contributed by atoms with E-state index >= 15 is 0 Å². The molecule has 0 bridgehead atoms. The van der Waals surface area contributed by atoms with Crippen molar-refractivity contribution >= 4 is 38.7 Å². The lowest BCUT2D eigenvalue weighted by Gasteiger charge is -2.19. The highest BCUT2D eigenvalue weighted by atomic mass is 35.5. The maximum atomic E-state index is 13.8. The topological polar surface area (TPSA) is 120 Å². The van der Waals surface area contributed by atoms with Crippen molar-refractivity contribution in [2.45, 2.75) is 26.8 Å². The lowest BCUT2D eigenvalue weighted by molar-refractivity contribution is -0.274. The van der Waals surface area contributed by atoms with Gasteiger partial charge in [0.05, 0.1) is 29.8 Å². The number of hydrogen-bond acceptors (Lipinski definition) is 8. The Morgan fingerprint density at radius 3 is 2.46 bits per heavy atom. The van der Waals surface area contributed by atoms with E-state index in [0.29, 0.717) is 16.1 Å². The van der Waals surface area contributed by atoms with Gasteiger partial charge in [0.15, 0.2) is 5.75 Å². The molecule has 0 spiro atoms. The van der Waals surface area contributed by atoms with Crippen LogP contribution in [0, 0.1) is 13.8 Å². The van der Waals surface area contributed by atoms with Crippen LogP contribution in [0.25, 0.3) is 5.69 Å². The Morgan fingerprint density at radius 2 is 1.80 bits per heavy atom. The minimum absolute atomic E-state index is 0.0351. The quantitative estimate of drug-likeness (QED) is 0.310. The summed E-state index contributed by atoms with van der Waals surface area (Å²) in [7, 11) is -2.70. The number of aryl methyl sites for hydroxylation is 2. The van der Waals surface area contributed by atoms with Gasteiger partial charge in [0.2, 0.25) is 5.95 Å². The van der Waals surface area contributed by atoms with Gasteiger partial charge in [0.25, 0.3) is 0 Å². The van der Waals surface area contributed by atoms with Crippen molar-refractivity contribution in [2.75, 3.05) is 17.8 Å². The second-order valence-electron chi connectivity index (χ2n) is 9.34. The van der Waals surface area contributed by atoms with Crippen LogP contribution in [-0.4, -0.2) is 42.2 Å². The maximum absolute atomic E-state index is 13.8. The number of rotatable bonds is 7. The number of halogens is 4. The minimum atomic E-state index is -5.10. The van der Waals surface area contributed by atoms with E-state index in [4.69, 9.17) is 11.6 Å².